The molecular weight excluding hydrogens is 498 g/mol. The average molecular weight is 532 g/mol. The molecule has 6 atom stereocenters. The van der Waals surface area contributed by atoms with Gasteiger partial charge in [-0.1, -0.05) is 117 Å². The van der Waals surface area contributed by atoms with Crippen LogP contribution in [0.2, 0.25) is 5.04 Å². The first-order chi connectivity index (χ1) is 18.3. The number of rotatable bonds is 6. The number of aliphatic hydroxyl groups excluding tert-OH is 1. The lowest BCUT2D eigenvalue weighted by atomic mass is 9.96. The number of nitrogens with zero attached hydrogens (tertiary/aromatic N) is 3. The molecule has 2 aliphatic heterocycles. The van der Waals surface area contributed by atoms with Gasteiger partial charge in [-0.25, -0.2) is 0 Å². The van der Waals surface area contributed by atoms with E-state index in [1.165, 1.54) is 0 Å². The highest BCUT2D eigenvalue weighted by Gasteiger charge is 2.56. The summed E-state index contributed by atoms with van der Waals surface area (Å²) in [7, 11) is -3.06. The Bertz CT molecular complexity index is 1210. The summed E-state index contributed by atoms with van der Waals surface area (Å²) in [6.45, 7) is 6.66. The molecule has 1 unspecified atom stereocenters. The van der Waals surface area contributed by atoms with Crippen LogP contribution in [0.4, 0.5) is 0 Å². The van der Waals surface area contributed by atoms with Gasteiger partial charge >= 0.3 is 0 Å². The summed E-state index contributed by atoms with van der Waals surface area (Å²) in [4.78, 5) is 3.05. The molecule has 3 aromatic carbocycles. The molecule has 38 heavy (non-hydrogen) atoms. The minimum Gasteiger partial charge on any atom is -0.390 e. The van der Waals surface area contributed by atoms with Crippen LogP contribution >= 0.6 is 0 Å². The molecule has 0 radical (unpaired) electrons. The van der Waals surface area contributed by atoms with Gasteiger partial charge in [0.1, 0.15) is 18.2 Å². The van der Waals surface area contributed by atoms with E-state index in [0.717, 1.165) is 15.9 Å². The zero-order valence-corrected chi connectivity index (χ0v) is 22.8. The topological polar surface area (TPSA) is 106 Å². The molecule has 0 aliphatic carbocycles. The largest absolute Gasteiger partial charge is 0.390 e. The SMILES string of the molecule is CC(C)(C)[Si](O[C@@H]1O[C@@H]2COC(c3ccccc3)O[C@@H]2[C@H](O)[C@H]1N=[N+]=[N-])(c1ccccc1)c1ccccc1. The lowest BCUT2D eigenvalue weighted by molar-refractivity contribution is -0.332. The minimum absolute atomic E-state index is 0.199. The first kappa shape index (κ1) is 26.6. The molecule has 1 N–H and O–H groups in total. The van der Waals surface area contributed by atoms with E-state index >= 15 is 0 Å². The van der Waals surface area contributed by atoms with Crippen LogP contribution in [-0.4, -0.2) is 50.7 Å². The summed E-state index contributed by atoms with van der Waals surface area (Å²) in [6, 6.07) is 28.8. The average Bonchev–Trinajstić information content (AvgIpc) is 2.94. The van der Waals surface area contributed by atoms with Crippen LogP contribution in [-0.2, 0) is 18.6 Å². The molecule has 2 heterocycles. The molecule has 198 valence electrons. The molecule has 8 nitrogen and oxygen atoms in total. The van der Waals surface area contributed by atoms with Crippen molar-refractivity contribution in [2.24, 2.45) is 5.11 Å². The van der Waals surface area contributed by atoms with E-state index in [9.17, 15) is 10.6 Å². The van der Waals surface area contributed by atoms with Gasteiger partial charge in [-0.2, -0.15) is 0 Å². The molecule has 0 spiro atoms. The summed E-state index contributed by atoms with van der Waals surface area (Å²) in [5.74, 6) is 0. The van der Waals surface area contributed by atoms with Crippen LogP contribution in [0.15, 0.2) is 96.1 Å². The second-order valence-corrected chi connectivity index (χ2v) is 14.9. The Kier molecular flexibility index (Phi) is 7.70. The third-order valence-electron chi connectivity index (χ3n) is 7.30. The van der Waals surface area contributed by atoms with Gasteiger partial charge in [0, 0.05) is 10.5 Å². The summed E-state index contributed by atoms with van der Waals surface area (Å²) < 4.78 is 25.7. The fourth-order valence-electron chi connectivity index (χ4n) is 5.50. The van der Waals surface area contributed by atoms with Crippen LogP contribution in [0.5, 0.6) is 0 Å². The van der Waals surface area contributed by atoms with Gasteiger partial charge in [-0.3, -0.25) is 0 Å². The van der Waals surface area contributed by atoms with Gasteiger partial charge in [0.2, 0.25) is 0 Å². The van der Waals surface area contributed by atoms with Crippen LogP contribution in [0.1, 0.15) is 32.6 Å². The van der Waals surface area contributed by atoms with E-state index in [-0.39, 0.29) is 11.6 Å². The maximum atomic E-state index is 11.5. The van der Waals surface area contributed by atoms with E-state index in [4.69, 9.17) is 18.6 Å². The third kappa shape index (κ3) is 4.90. The van der Waals surface area contributed by atoms with Crippen molar-refractivity contribution < 1.29 is 23.7 Å². The molecular formula is C29H33N3O5Si. The Morgan fingerprint density at radius 3 is 1.97 bits per heavy atom. The van der Waals surface area contributed by atoms with Gasteiger partial charge in [0.05, 0.1) is 12.7 Å². The number of benzene rings is 3. The normalized spacial score (nSPS) is 27.7. The first-order valence-corrected chi connectivity index (χ1v) is 14.7. The van der Waals surface area contributed by atoms with Crippen molar-refractivity contribution in [3.8, 4) is 0 Å². The van der Waals surface area contributed by atoms with Crippen molar-refractivity contribution in [2.45, 2.75) is 62.7 Å². The van der Waals surface area contributed by atoms with Gasteiger partial charge in [-0.15, -0.1) is 0 Å². The highest BCUT2D eigenvalue weighted by Crippen LogP contribution is 2.41. The van der Waals surface area contributed by atoms with Crippen molar-refractivity contribution in [3.63, 3.8) is 0 Å². The predicted octanol–water partition coefficient (Wildman–Crippen LogP) is 4.44. The summed E-state index contributed by atoms with van der Waals surface area (Å²) >= 11 is 0. The quantitative estimate of drug-likeness (QED) is 0.219. The van der Waals surface area contributed by atoms with E-state index in [0.29, 0.717) is 0 Å². The van der Waals surface area contributed by atoms with E-state index in [1.54, 1.807) is 0 Å². The molecule has 9 heteroatoms. The fraction of sp³-hybridized carbons (Fsp3) is 0.379. The Labute approximate surface area is 223 Å². The van der Waals surface area contributed by atoms with E-state index in [2.05, 4.69) is 55.1 Å². The predicted molar refractivity (Wildman–Crippen MR) is 146 cm³/mol. The monoisotopic (exact) mass is 531 g/mol. The third-order valence-corrected chi connectivity index (χ3v) is 12.3. The maximum Gasteiger partial charge on any atom is 0.264 e. The Morgan fingerprint density at radius 2 is 1.45 bits per heavy atom. The molecule has 5 rings (SSSR count). The molecule has 0 saturated carbocycles. The van der Waals surface area contributed by atoms with Gasteiger partial charge in [0.15, 0.2) is 12.6 Å². The molecule has 2 saturated heterocycles. The van der Waals surface area contributed by atoms with Gasteiger partial charge in [0.25, 0.3) is 8.32 Å². The Balaban J connectivity index is 1.53. The van der Waals surface area contributed by atoms with Gasteiger partial charge in [-0.05, 0) is 20.9 Å². The van der Waals surface area contributed by atoms with Crippen molar-refractivity contribution in [1.29, 1.82) is 0 Å². The number of aliphatic hydroxyl groups is 1. The molecule has 0 amide bonds. The molecule has 0 aromatic heterocycles. The maximum absolute atomic E-state index is 11.5. The van der Waals surface area contributed by atoms with Gasteiger partial charge < -0.3 is 23.7 Å². The van der Waals surface area contributed by atoms with E-state index in [1.807, 2.05) is 66.7 Å². The molecule has 2 fully saturated rings. The second-order valence-electron chi connectivity index (χ2n) is 10.7. The summed E-state index contributed by atoms with van der Waals surface area (Å²) in [6.07, 6.45) is -4.16. The van der Waals surface area contributed by atoms with Crippen LogP contribution in [0.25, 0.3) is 10.4 Å². The number of hydrogen-bond acceptors (Lipinski definition) is 6. The second kappa shape index (κ2) is 11.0. The Hall–Kier alpha value is -3.01. The van der Waals surface area contributed by atoms with Crippen molar-refractivity contribution in [2.75, 3.05) is 6.61 Å². The van der Waals surface area contributed by atoms with Crippen molar-refractivity contribution in [1.82, 2.24) is 0 Å². The summed E-state index contributed by atoms with van der Waals surface area (Å²) in [5, 5.41) is 17.2. The lowest BCUT2D eigenvalue weighted by Gasteiger charge is -2.51. The van der Waals surface area contributed by atoms with Crippen molar-refractivity contribution >= 4 is 18.7 Å². The number of hydrogen-bond donors (Lipinski definition) is 1. The standard InChI is InChI=1S/C29H33N3O5Si/c1-29(2,3)38(21-15-9-5-10-16-21,22-17-11-6-12-18-22)37-28-24(31-32-30)25(33)26-23(35-28)19-34-27(36-26)20-13-7-4-8-14-20/h4-18,23-28,33H,19H2,1-3H3/t23-,24-,25-,26+,27?,28+/m1/s1. The number of azide groups is 1. The highest BCUT2D eigenvalue weighted by molar-refractivity contribution is 6.99. The Morgan fingerprint density at radius 1 is 0.895 bits per heavy atom. The van der Waals surface area contributed by atoms with Crippen LogP contribution in [0.3, 0.4) is 0 Å². The number of ether oxygens (including phenoxy) is 3. The van der Waals surface area contributed by atoms with Crippen LogP contribution < -0.4 is 10.4 Å². The van der Waals surface area contributed by atoms with Crippen LogP contribution in [0, 0.1) is 0 Å². The lowest BCUT2D eigenvalue weighted by Crippen LogP contribution is -2.71. The smallest absolute Gasteiger partial charge is 0.264 e. The fourth-order valence-corrected chi connectivity index (χ4v) is 10.1. The molecule has 2 aliphatic rings. The molecule has 3 aromatic rings. The number of fused-ring (bicyclic) bond motifs is 1. The van der Waals surface area contributed by atoms with E-state index < -0.39 is 45.3 Å². The minimum atomic E-state index is -3.06. The zero-order chi connectivity index (χ0) is 26.8. The highest BCUT2D eigenvalue weighted by atomic mass is 28.4. The van der Waals surface area contributed by atoms with Crippen molar-refractivity contribution in [3.05, 3.63) is 107 Å². The molecule has 0 bridgehead atoms. The first-order valence-electron chi connectivity index (χ1n) is 12.8. The zero-order valence-electron chi connectivity index (χ0n) is 21.8. The summed E-state index contributed by atoms with van der Waals surface area (Å²) in [5.41, 5.74) is 10.3.